The van der Waals surface area contributed by atoms with Crippen molar-refractivity contribution in [3.05, 3.63) is 65.2 Å². The highest BCUT2D eigenvalue weighted by molar-refractivity contribution is 7.89. The lowest BCUT2D eigenvalue weighted by atomic mass is 10.1. The number of rotatable bonds is 8. The number of sulfonamides is 1. The molecule has 0 atom stereocenters. The molecule has 0 radical (unpaired) electrons. The summed E-state index contributed by atoms with van der Waals surface area (Å²) < 4.78 is 27.4. The van der Waals surface area contributed by atoms with Crippen molar-refractivity contribution in [3.63, 3.8) is 0 Å². The van der Waals surface area contributed by atoms with E-state index in [0.29, 0.717) is 12.1 Å². The second-order valence-corrected chi connectivity index (χ2v) is 9.57. The summed E-state index contributed by atoms with van der Waals surface area (Å²) in [5.74, 6) is -0.274. The third-order valence-corrected chi connectivity index (χ3v) is 6.97. The average Bonchev–Trinajstić information content (AvgIpc) is 3.37. The smallest absolute Gasteiger partial charge is 0.251 e. The molecule has 4 rings (SSSR count). The van der Waals surface area contributed by atoms with E-state index in [2.05, 4.69) is 21.0 Å². The van der Waals surface area contributed by atoms with Crippen molar-refractivity contribution in [2.45, 2.75) is 49.7 Å². The van der Waals surface area contributed by atoms with Crippen LogP contribution in [0.2, 0.25) is 0 Å². The third kappa shape index (κ3) is 5.23. The van der Waals surface area contributed by atoms with Gasteiger partial charge in [-0.3, -0.25) is 9.69 Å². The molecular weight excluding hydrogens is 386 g/mol. The Balaban J connectivity index is 1.42. The first-order valence-electron chi connectivity index (χ1n) is 10.2. The van der Waals surface area contributed by atoms with Crippen LogP contribution in [0.25, 0.3) is 0 Å². The Hall–Kier alpha value is -2.22. The fourth-order valence-corrected chi connectivity index (χ4v) is 4.99. The minimum Gasteiger partial charge on any atom is -0.348 e. The third-order valence-electron chi connectivity index (χ3n) is 5.46. The maximum absolute atomic E-state index is 12.7. The van der Waals surface area contributed by atoms with Gasteiger partial charge in [0, 0.05) is 24.7 Å². The molecule has 154 valence electrons. The Morgan fingerprint density at radius 3 is 2.45 bits per heavy atom. The second-order valence-electron chi connectivity index (χ2n) is 7.86. The van der Waals surface area contributed by atoms with Gasteiger partial charge in [-0.15, -0.1) is 0 Å². The largest absolute Gasteiger partial charge is 0.348 e. The van der Waals surface area contributed by atoms with Crippen LogP contribution in [0.3, 0.4) is 0 Å². The maximum Gasteiger partial charge on any atom is 0.251 e. The number of hydrogen-bond acceptors (Lipinski definition) is 4. The molecule has 1 aliphatic heterocycles. The van der Waals surface area contributed by atoms with Crippen LogP contribution in [-0.2, 0) is 23.1 Å². The summed E-state index contributed by atoms with van der Waals surface area (Å²) in [6.07, 6.45) is 4.23. The Labute approximate surface area is 172 Å². The van der Waals surface area contributed by atoms with E-state index in [-0.39, 0.29) is 16.8 Å². The van der Waals surface area contributed by atoms with E-state index in [1.165, 1.54) is 30.5 Å². The lowest BCUT2D eigenvalue weighted by molar-refractivity contribution is 0.0950. The van der Waals surface area contributed by atoms with Gasteiger partial charge in [0.1, 0.15) is 0 Å². The zero-order valence-electron chi connectivity index (χ0n) is 16.4. The Bertz CT molecular complexity index is 980. The molecule has 1 saturated carbocycles. The van der Waals surface area contributed by atoms with Crippen molar-refractivity contribution < 1.29 is 13.2 Å². The molecule has 0 aromatic heterocycles. The minimum absolute atomic E-state index is 0.0320. The van der Waals surface area contributed by atoms with Crippen molar-refractivity contribution in [3.8, 4) is 0 Å². The molecule has 2 fully saturated rings. The van der Waals surface area contributed by atoms with E-state index in [4.69, 9.17) is 0 Å². The number of hydrogen-bond donors (Lipinski definition) is 2. The normalized spacial score (nSPS) is 17.4. The summed E-state index contributed by atoms with van der Waals surface area (Å²) in [5.41, 5.74) is 2.66. The van der Waals surface area contributed by atoms with Gasteiger partial charge in [0.15, 0.2) is 0 Å². The van der Waals surface area contributed by atoms with Crippen LogP contribution < -0.4 is 10.0 Å². The number of likely N-dealkylation sites (tertiary alicyclic amines) is 1. The minimum atomic E-state index is -3.58. The van der Waals surface area contributed by atoms with Gasteiger partial charge in [0.2, 0.25) is 10.0 Å². The van der Waals surface area contributed by atoms with E-state index in [1.54, 1.807) is 12.1 Å². The Kier molecular flexibility index (Phi) is 5.99. The van der Waals surface area contributed by atoms with E-state index < -0.39 is 10.0 Å². The number of carbonyl (C=O) groups excluding carboxylic acids is 1. The van der Waals surface area contributed by atoms with E-state index >= 15 is 0 Å². The zero-order chi connectivity index (χ0) is 20.3. The topological polar surface area (TPSA) is 78.5 Å². The first-order chi connectivity index (χ1) is 14.0. The molecule has 2 N–H and O–H groups in total. The number of carbonyl (C=O) groups is 1. The molecule has 1 aliphatic carbocycles. The van der Waals surface area contributed by atoms with Gasteiger partial charge in [-0.1, -0.05) is 30.3 Å². The molecule has 1 amide bonds. The lowest BCUT2D eigenvalue weighted by Crippen LogP contribution is -2.27. The van der Waals surface area contributed by atoms with Gasteiger partial charge in [-0.25, -0.2) is 13.1 Å². The van der Waals surface area contributed by atoms with Crippen LogP contribution in [0.5, 0.6) is 0 Å². The molecule has 2 aromatic carbocycles. The Morgan fingerprint density at radius 2 is 1.72 bits per heavy atom. The number of benzene rings is 2. The van der Waals surface area contributed by atoms with Gasteiger partial charge in [-0.2, -0.15) is 0 Å². The number of nitrogens with zero attached hydrogens (tertiary/aromatic N) is 1. The molecular formula is C22H27N3O3S. The standard InChI is InChI=1S/C22H27N3O3S/c26-22(17-8-5-9-21(14-17)29(27,28)24-20-10-11-20)23-15-18-6-1-2-7-19(18)16-25-12-3-4-13-25/h1-2,5-9,14,20,24H,3-4,10-13,15-16H2,(H,23,26). The predicted octanol–water partition coefficient (Wildman–Crippen LogP) is 2.65. The molecule has 6 nitrogen and oxygen atoms in total. The number of nitrogens with one attached hydrogen (secondary N) is 2. The molecule has 0 spiro atoms. The van der Waals surface area contributed by atoms with Gasteiger partial charge >= 0.3 is 0 Å². The summed E-state index contributed by atoms with van der Waals surface area (Å²) in [6.45, 7) is 3.56. The highest BCUT2D eigenvalue weighted by atomic mass is 32.2. The molecule has 0 unspecified atom stereocenters. The van der Waals surface area contributed by atoms with Crippen molar-refractivity contribution in [1.82, 2.24) is 14.9 Å². The highest BCUT2D eigenvalue weighted by Gasteiger charge is 2.28. The van der Waals surface area contributed by atoms with Crippen molar-refractivity contribution >= 4 is 15.9 Å². The van der Waals surface area contributed by atoms with E-state index in [9.17, 15) is 13.2 Å². The van der Waals surface area contributed by atoms with Crippen molar-refractivity contribution in [2.75, 3.05) is 13.1 Å². The maximum atomic E-state index is 12.7. The number of amides is 1. The summed E-state index contributed by atoms with van der Waals surface area (Å²) in [7, 11) is -3.58. The quantitative estimate of drug-likeness (QED) is 0.697. The van der Waals surface area contributed by atoms with Gasteiger partial charge in [-0.05, 0) is 68.1 Å². The zero-order valence-corrected chi connectivity index (χ0v) is 17.2. The average molecular weight is 414 g/mol. The van der Waals surface area contributed by atoms with Crippen LogP contribution in [0, 0.1) is 0 Å². The molecule has 7 heteroatoms. The Morgan fingerprint density at radius 1 is 1.00 bits per heavy atom. The molecule has 2 aromatic rings. The van der Waals surface area contributed by atoms with Crippen LogP contribution in [0.1, 0.15) is 47.2 Å². The first kappa shape index (κ1) is 20.1. The lowest BCUT2D eigenvalue weighted by Gasteiger charge is -2.17. The highest BCUT2D eigenvalue weighted by Crippen LogP contribution is 2.22. The SMILES string of the molecule is O=C(NCc1ccccc1CN1CCCC1)c1cccc(S(=O)(=O)NC2CC2)c1. The molecule has 2 aliphatic rings. The molecule has 29 heavy (non-hydrogen) atoms. The van der Waals surface area contributed by atoms with E-state index in [1.807, 2.05) is 18.2 Å². The van der Waals surface area contributed by atoms with Gasteiger partial charge in [0.05, 0.1) is 4.90 Å². The van der Waals surface area contributed by atoms with Crippen LogP contribution >= 0.6 is 0 Å². The van der Waals surface area contributed by atoms with Gasteiger partial charge in [0.25, 0.3) is 5.91 Å². The first-order valence-corrected chi connectivity index (χ1v) is 11.7. The summed E-state index contributed by atoms with van der Waals surface area (Å²) in [5, 5.41) is 2.94. The van der Waals surface area contributed by atoms with Crippen molar-refractivity contribution in [1.29, 1.82) is 0 Å². The second kappa shape index (κ2) is 8.65. The monoisotopic (exact) mass is 413 g/mol. The molecule has 1 saturated heterocycles. The fourth-order valence-electron chi connectivity index (χ4n) is 3.64. The van der Waals surface area contributed by atoms with Crippen molar-refractivity contribution in [2.24, 2.45) is 0 Å². The molecule has 1 heterocycles. The molecule has 0 bridgehead atoms. The summed E-state index contributed by atoms with van der Waals surface area (Å²) in [6, 6.07) is 14.4. The predicted molar refractivity (Wildman–Crippen MR) is 112 cm³/mol. The van der Waals surface area contributed by atoms with Crippen LogP contribution in [0.15, 0.2) is 53.4 Å². The summed E-state index contributed by atoms with van der Waals surface area (Å²) >= 11 is 0. The summed E-state index contributed by atoms with van der Waals surface area (Å²) in [4.78, 5) is 15.2. The fraction of sp³-hybridized carbons (Fsp3) is 0.409. The van der Waals surface area contributed by atoms with E-state index in [0.717, 1.165) is 38.0 Å². The van der Waals surface area contributed by atoms with Crippen LogP contribution in [0.4, 0.5) is 0 Å². The van der Waals surface area contributed by atoms with Crippen LogP contribution in [-0.4, -0.2) is 38.4 Å². The van der Waals surface area contributed by atoms with Gasteiger partial charge < -0.3 is 5.32 Å².